The average Bonchev–Trinajstić information content (AvgIpc) is 3.08. The molecule has 0 bridgehead atoms. The van der Waals surface area contributed by atoms with Crippen LogP contribution in [0.2, 0.25) is 0 Å². The summed E-state index contributed by atoms with van der Waals surface area (Å²) in [5.74, 6) is -1.43. The van der Waals surface area contributed by atoms with Gasteiger partial charge in [0, 0.05) is 11.8 Å². The number of hydrogen-bond acceptors (Lipinski definition) is 2. The smallest absolute Gasteiger partial charge is 0.339 e. The van der Waals surface area contributed by atoms with Crippen LogP contribution in [-0.4, -0.2) is 20.9 Å². The van der Waals surface area contributed by atoms with Gasteiger partial charge in [-0.3, -0.25) is 4.68 Å². The molecule has 0 spiro atoms. The summed E-state index contributed by atoms with van der Waals surface area (Å²) < 4.78 is 15.0. The van der Waals surface area contributed by atoms with Crippen molar-refractivity contribution >= 4 is 5.97 Å². The Morgan fingerprint density at radius 1 is 1.35 bits per heavy atom. The van der Waals surface area contributed by atoms with Crippen molar-refractivity contribution in [1.82, 2.24) is 9.78 Å². The lowest BCUT2D eigenvalue weighted by Crippen LogP contribution is -2.05. The van der Waals surface area contributed by atoms with E-state index in [4.69, 9.17) is 0 Å². The molecule has 1 aromatic carbocycles. The Morgan fingerprint density at radius 3 is 2.75 bits per heavy atom. The zero-order valence-corrected chi connectivity index (χ0v) is 10.9. The first-order valence-electron chi connectivity index (χ1n) is 6.73. The van der Waals surface area contributed by atoms with Crippen LogP contribution in [0.3, 0.4) is 0 Å². The highest BCUT2D eigenvalue weighted by Crippen LogP contribution is 2.31. The molecule has 0 unspecified atom stereocenters. The molecule has 1 heterocycles. The van der Waals surface area contributed by atoms with Crippen molar-refractivity contribution in [2.45, 2.75) is 31.7 Å². The molecule has 1 aliphatic rings. The van der Waals surface area contributed by atoms with E-state index in [-0.39, 0.29) is 11.6 Å². The van der Waals surface area contributed by atoms with Crippen LogP contribution in [-0.2, 0) is 0 Å². The van der Waals surface area contributed by atoms with E-state index in [2.05, 4.69) is 5.10 Å². The van der Waals surface area contributed by atoms with Crippen molar-refractivity contribution in [3.63, 3.8) is 0 Å². The van der Waals surface area contributed by atoms with Crippen molar-refractivity contribution in [2.75, 3.05) is 0 Å². The van der Waals surface area contributed by atoms with Crippen LogP contribution in [0.5, 0.6) is 0 Å². The standard InChI is InChI=1S/C15H15FN2O2/c16-11-5-3-4-10(8-11)14-13(15(19)20)9-18(17-14)12-6-1-2-7-12/h3-5,8-9,12H,1-2,6-7H2,(H,19,20). The number of halogens is 1. The Hall–Kier alpha value is -2.17. The molecule has 0 amide bonds. The minimum absolute atomic E-state index is 0.127. The maximum Gasteiger partial charge on any atom is 0.339 e. The monoisotopic (exact) mass is 274 g/mol. The molecule has 0 radical (unpaired) electrons. The molecule has 1 fully saturated rings. The molecule has 0 atom stereocenters. The molecule has 104 valence electrons. The summed E-state index contributed by atoms with van der Waals surface area (Å²) in [6.07, 6.45) is 5.88. The fraction of sp³-hybridized carbons (Fsp3) is 0.333. The molecular formula is C15H15FN2O2. The van der Waals surface area contributed by atoms with Crippen molar-refractivity contribution in [3.05, 3.63) is 41.8 Å². The predicted octanol–water partition coefficient (Wildman–Crippen LogP) is 3.50. The summed E-state index contributed by atoms with van der Waals surface area (Å²) in [6, 6.07) is 6.14. The number of carboxylic acid groups (broad SMARTS) is 1. The second-order valence-electron chi connectivity index (χ2n) is 5.13. The third-order valence-electron chi connectivity index (χ3n) is 3.76. The van der Waals surface area contributed by atoms with E-state index >= 15 is 0 Å². The molecule has 5 heteroatoms. The van der Waals surface area contributed by atoms with Crippen LogP contribution in [0.25, 0.3) is 11.3 Å². The molecule has 1 N–H and O–H groups in total. The Labute approximate surface area is 115 Å². The molecule has 2 aromatic rings. The van der Waals surface area contributed by atoms with Gasteiger partial charge in [0.25, 0.3) is 0 Å². The summed E-state index contributed by atoms with van der Waals surface area (Å²) in [5.41, 5.74) is 0.963. The quantitative estimate of drug-likeness (QED) is 0.931. The number of carboxylic acids is 1. The summed E-state index contributed by atoms with van der Waals surface area (Å²) in [6.45, 7) is 0. The fourth-order valence-electron chi connectivity index (χ4n) is 2.75. The van der Waals surface area contributed by atoms with Crippen LogP contribution in [0.4, 0.5) is 4.39 Å². The van der Waals surface area contributed by atoms with Gasteiger partial charge in [-0.15, -0.1) is 0 Å². The zero-order valence-electron chi connectivity index (χ0n) is 10.9. The molecule has 0 saturated heterocycles. The number of aromatic nitrogens is 2. The highest BCUT2D eigenvalue weighted by molar-refractivity contribution is 5.94. The second kappa shape index (κ2) is 5.07. The molecule has 3 rings (SSSR count). The molecule has 4 nitrogen and oxygen atoms in total. The second-order valence-corrected chi connectivity index (χ2v) is 5.13. The first kappa shape index (κ1) is 12.8. The van der Waals surface area contributed by atoms with Gasteiger partial charge >= 0.3 is 5.97 Å². The average molecular weight is 274 g/mol. The predicted molar refractivity (Wildman–Crippen MR) is 72.1 cm³/mol. The maximum absolute atomic E-state index is 13.3. The maximum atomic E-state index is 13.3. The molecule has 1 aliphatic carbocycles. The minimum atomic E-state index is -1.03. The van der Waals surface area contributed by atoms with E-state index in [0.717, 1.165) is 25.7 Å². The third kappa shape index (κ3) is 2.31. The van der Waals surface area contributed by atoms with E-state index in [1.807, 2.05) is 0 Å². The lowest BCUT2D eigenvalue weighted by molar-refractivity contribution is 0.0697. The Bertz CT molecular complexity index is 645. The topological polar surface area (TPSA) is 55.1 Å². The first-order chi connectivity index (χ1) is 9.65. The van der Waals surface area contributed by atoms with E-state index < -0.39 is 11.8 Å². The van der Waals surface area contributed by atoms with Crippen LogP contribution in [0, 0.1) is 5.82 Å². The highest BCUT2D eigenvalue weighted by atomic mass is 19.1. The van der Waals surface area contributed by atoms with Gasteiger partial charge in [0.15, 0.2) is 0 Å². The van der Waals surface area contributed by atoms with Crippen molar-refractivity contribution < 1.29 is 14.3 Å². The molecule has 20 heavy (non-hydrogen) atoms. The number of hydrogen-bond donors (Lipinski definition) is 1. The van der Waals surface area contributed by atoms with Gasteiger partial charge in [-0.1, -0.05) is 25.0 Å². The largest absolute Gasteiger partial charge is 0.478 e. The first-order valence-corrected chi connectivity index (χ1v) is 6.73. The SMILES string of the molecule is O=C(O)c1cn(C2CCCC2)nc1-c1cccc(F)c1. The summed E-state index contributed by atoms with van der Waals surface area (Å²) >= 11 is 0. The fourth-order valence-corrected chi connectivity index (χ4v) is 2.75. The Morgan fingerprint density at radius 2 is 2.10 bits per heavy atom. The zero-order chi connectivity index (χ0) is 14.1. The van der Waals surface area contributed by atoms with Crippen LogP contribution < -0.4 is 0 Å². The normalized spacial score (nSPS) is 15.7. The number of nitrogens with zero attached hydrogens (tertiary/aromatic N) is 2. The summed E-state index contributed by atoms with van der Waals surface area (Å²) in [5, 5.41) is 13.7. The van der Waals surface area contributed by atoms with E-state index in [9.17, 15) is 14.3 Å². The van der Waals surface area contributed by atoms with Gasteiger partial charge in [-0.25, -0.2) is 9.18 Å². The van der Waals surface area contributed by atoms with Crippen molar-refractivity contribution in [1.29, 1.82) is 0 Å². The van der Waals surface area contributed by atoms with Gasteiger partial charge in [0.1, 0.15) is 17.1 Å². The van der Waals surface area contributed by atoms with Gasteiger partial charge < -0.3 is 5.11 Å². The lowest BCUT2D eigenvalue weighted by atomic mass is 10.1. The summed E-state index contributed by atoms with van der Waals surface area (Å²) in [4.78, 5) is 11.4. The van der Waals surface area contributed by atoms with Gasteiger partial charge in [0.05, 0.1) is 6.04 Å². The molecule has 1 aromatic heterocycles. The Balaban J connectivity index is 2.06. The highest BCUT2D eigenvalue weighted by Gasteiger charge is 2.23. The third-order valence-corrected chi connectivity index (χ3v) is 3.76. The number of benzene rings is 1. The number of aromatic carboxylic acids is 1. The van der Waals surface area contributed by atoms with Gasteiger partial charge in [0.2, 0.25) is 0 Å². The van der Waals surface area contributed by atoms with E-state index in [1.165, 1.54) is 12.1 Å². The van der Waals surface area contributed by atoms with Crippen LogP contribution in [0.15, 0.2) is 30.5 Å². The lowest BCUT2D eigenvalue weighted by Gasteiger charge is -2.08. The molecule has 0 aliphatic heterocycles. The number of rotatable bonds is 3. The van der Waals surface area contributed by atoms with Crippen molar-refractivity contribution in [2.24, 2.45) is 0 Å². The summed E-state index contributed by atoms with van der Waals surface area (Å²) in [7, 11) is 0. The number of carbonyl (C=O) groups is 1. The van der Waals surface area contributed by atoms with E-state index in [1.54, 1.807) is 23.0 Å². The molecular weight excluding hydrogens is 259 g/mol. The van der Waals surface area contributed by atoms with Gasteiger partial charge in [-0.05, 0) is 25.0 Å². The van der Waals surface area contributed by atoms with Crippen LogP contribution >= 0.6 is 0 Å². The Kier molecular flexibility index (Phi) is 3.26. The van der Waals surface area contributed by atoms with E-state index in [0.29, 0.717) is 11.3 Å². The van der Waals surface area contributed by atoms with Gasteiger partial charge in [-0.2, -0.15) is 5.10 Å². The molecule has 1 saturated carbocycles. The minimum Gasteiger partial charge on any atom is -0.478 e. The van der Waals surface area contributed by atoms with Crippen LogP contribution in [0.1, 0.15) is 42.1 Å². The van der Waals surface area contributed by atoms with Crippen molar-refractivity contribution in [3.8, 4) is 11.3 Å².